The summed E-state index contributed by atoms with van der Waals surface area (Å²) in [6, 6.07) is 3.03. The molecule has 20 heavy (non-hydrogen) atoms. The van der Waals surface area contributed by atoms with E-state index in [1.54, 1.807) is 0 Å². The number of rotatable bonds is 5. The number of nitro benzene ring substituents is 1. The van der Waals surface area contributed by atoms with E-state index in [1.165, 1.54) is 0 Å². The number of carboxylic acid groups (broad SMARTS) is 1. The summed E-state index contributed by atoms with van der Waals surface area (Å²) in [4.78, 5) is 20.7. The van der Waals surface area contributed by atoms with Gasteiger partial charge in [0, 0.05) is 12.6 Å². The summed E-state index contributed by atoms with van der Waals surface area (Å²) < 4.78 is 36.4. The summed E-state index contributed by atoms with van der Waals surface area (Å²) in [6.07, 6.45) is -7.69. The minimum Gasteiger partial charge on any atom is -0.478 e. The average molecular weight is 294 g/mol. The molecule has 0 heterocycles. The lowest BCUT2D eigenvalue weighted by Crippen LogP contribution is -2.35. The molecule has 7 nitrogen and oxygen atoms in total. The SMILES string of the molecule is O=C(O)c1cccc([N+](=O)[O-])c1NCC(O)C(F)(F)F. The molecule has 0 aliphatic rings. The van der Waals surface area contributed by atoms with Crippen molar-refractivity contribution in [1.29, 1.82) is 0 Å². The topological polar surface area (TPSA) is 113 Å². The van der Waals surface area contributed by atoms with Gasteiger partial charge < -0.3 is 15.5 Å². The predicted octanol–water partition coefficient (Wildman–Crippen LogP) is 1.63. The monoisotopic (exact) mass is 294 g/mol. The van der Waals surface area contributed by atoms with Gasteiger partial charge >= 0.3 is 12.1 Å². The van der Waals surface area contributed by atoms with Crippen molar-refractivity contribution in [3.05, 3.63) is 33.9 Å². The normalized spacial score (nSPS) is 12.8. The molecule has 0 fully saturated rings. The number of aliphatic hydroxyl groups is 1. The number of benzene rings is 1. The van der Waals surface area contributed by atoms with Crippen molar-refractivity contribution in [3.8, 4) is 0 Å². The van der Waals surface area contributed by atoms with Crippen molar-refractivity contribution in [2.75, 3.05) is 11.9 Å². The highest BCUT2D eigenvalue weighted by molar-refractivity contribution is 5.96. The fourth-order valence-electron chi connectivity index (χ4n) is 1.37. The van der Waals surface area contributed by atoms with E-state index in [1.807, 2.05) is 5.32 Å². The number of aliphatic hydroxyl groups excluding tert-OH is 1. The summed E-state index contributed by atoms with van der Waals surface area (Å²) in [6.45, 7) is -1.10. The van der Waals surface area contributed by atoms with Crippen LogP contribution in [0.5, 0.6) is 0 Å². The van der Waals surface area contributed by atoms with E-state index in [0.29, 0.717) is 0 Å². The summed E-state index contributed by atoms with van der Waals surface area (Å²) in [7, 11) is 0. The highest BCUT2D eigenvalue weighted by Crippen LogP contribution is 2.29. The Kier molecular flexibility index (Phi) is 4.50. The van der Waals surface area contributed by atoms with Crippen LogP contribution in [0.1, 0.15) is 10.4 Å². The Labute approximate surface area is 109 Å². The number of hydrogen-bond donors (Lipinski definition) is 3. The number of nitro groups is 1. The first-order chi connectivity index (χ1) is 9.14. The third-order valence-corrected chi connectivity index (χ3v) is 2.32. The standard InChI is InChI=1S/C10H9F3N2O5/c11-10(12,13)7(16)4-14-8-5(9(17)18)2-1-3-6(8)15(19)20/h1-3,7,14,16H,4H2,(H,17,18). The molecule has 1 atom stereocenters. The van der Waals surface area contributed by atoms with Crippen LogP contribution < -0.4 is 5.32 Å². The molecule has 1 unspecified atom stereocenters. The van der Waals surface area contributed by atoms with Gasteiger partial charge in [-0.15, -0.1) is 0 Å². The largest absolute Gasteiger partial charge is 0.478 e. The molecule has 0 radical (unpaired) electrons. The van der Waals surface area contributed by atoms with Gasteiger partial charge in [0.25, 0.3) is 5.69 Å². The smallest absolute Gasteiger partial charge is 0.416 e. The number of alkyl halides is 3. The second-order valence-corrected chi connectivity index (χ2v) is 3.70. The Morgan fingerprint density at radius 2 is 2.05 bits per heavy atom. The van der Waals surface area contributed by atoms with Crippen molar-refractivity contribution in [2.24, 2.45) is 0 Å². The van der Waals surface area contributed by atoms with Gasteiger partial charge in [-0.25, -0.2) is 4.79 Å². The van der Waals surface area contributed by atoms with Crippen LogP contribution in [0.3, 0.4) is 0 Å². The lowest BCUT2D eigenvalue weighted by Gasteiger charge is -2.16. The van der Waals surface area contributed by atoms with Gasteiger partial charge in [0.2, 0.25) is 0 Å². The van der Waals surface area contributed by atoms with Gasteiger partial charge in [0.1, 0.15) is 5.69 Å². The minimum absolute atomic E-state index is 0.562. The zero-order chi connectivity index (χ0) is 15.5. The number of anilines is 1. The molecular formula is C10H9F3N2O5. The lowest BCUT2D eigenvalue weighted by atomic mass is 10.1. The molecule has 0 spiro atoms. The molecule has 3 N–H and O–H groups in total. The van der Waals surface area contributed by atoms with Crippen molar-refractivity contribution in [2.45, 2.75) is 12.3 Å². The molecule has 0 saturated carbocycles. The molecule has 1 aromatic rings. The summed E-state index contributed by atoms with van der Waals surface area (Å²) in [5, 5.41) is 30.3. The van der Waals surface area contributed by atoms with Crippen LogP contribution in [0.25, 0.3) is 0 Å². The molecule has 0 amide bonds. The number of carbonyl (C=O) groups is 1. The van der Waals surface area contributed by atoms with E-state index < -0.39 is 46.7 Å². The first kappa shape index (κ1) is 15.7. The number of hydrogen-bond acceptors (Lipinski definition) is 5. The third kappa shape index (κ3) is 3.57. The van der Waals surface area contributed by atoms with Crippen molar-refractivity contribution in [1.82, 2.24) is 0 Å². The van der Waals surface area contributed by atoms with Gasteiger partial charge in [-0.1, -0.05) is 6.07 Å². The predicted molar refractivity (Wildman–Crippen MR) is 60.6 cm³/mol. The van der Waals surface area contributed by atoms with Crippen LogP contribution in [0.4, 0.5) is 24.5 Å². The van der Waals surface area contributed by atoms with Crippen molar-refractivity contribution >= 4 is 17.3 Å². The summed E-state index contributed by atoms with van der Waals surface area (Å²) in [5.74, 6) is -1.54. The highest BCUT2D eigenvalue weighted by Gasteiger charge is 2.38. The molecule has 0 bridgehead atoms. The van der Waals surface area contributed by atoms with Crippen LogP contribution in [0.2, 0.25) is 0 Å². The number of halogens is 3. The number of aromatic carboxylic acids is 1. The zero-order valence-electron chi connectivity index (χ0n) is 9.72. The fraction of sp³-hybridized carbons (Fsp3) is 0.300. The molecule has 110 valence electrons. The third-order valence-electron chi connectivity index (χ3n) is 2.32. The molecule has 0 saturated heterocycles. The van der Waals surface area contributed by atoms with Crippen LogP contribution in [0.15, 0.2) is 18.2 Å². The van der Waals surface area contributed by atoms with Gasteiger partial charge in [-0.05, 0) is 6.07 Å². The van der Waals surface area contributed by atoms with Crippen molar-refractivity contribution in [3.63, 3.8) is 0 Å². The van der Waals surface area contributed by atoms with Gasteiger partial charge in [-0.3, -0.25) is 10.1 Å². The lowest BCUT2D eigenvalue weighted by molar-refractivity contribution is -0.384. The summed E-state index contributed by atoms with van der Waals surface area (Å²) >= 11 is 0. The maximum atomic E-state index is 12.1. The van der Waals surface area contributed by atoms with E-state index in [-0.39, 0.29) is 0 Å². The number of nitrogens with one attached hydrogen (secondary N) is 1. The Morgan fingerprint density at radius 3 is 2.50 bits per heavy atom. The van der Waals surface area contributed by atoms with E-state index in [0.717, 1.165) is 18.2 Å². The second-order valence-electron chi connectivity index (χ2n) is 3.70. The van der Waals surface area contributed by atoms with E-state index in [4.69, 9.17) is 10.2 Å². The Hall–Kier alpha value is -2.36. The highest BCUT2D eigenvalue weighted by atomic mass is 19.4. The minimum atomic E-state index is -4.92. The fourth-order valence-corrected chi connectivity index (χ4v) is 1.37. The van der Waals surface area contributed by atoms with Crippen LogP contribution in [-0.4, -0.2) is 39.9 Å². The number of nitrogens with zero attached hydrogens (tertiary/aromatic N) is 1. The molecule has 1 aromatic carbocycles. The Balaban J connectivity index is 3.09. The maximum Gasteiger partial charge on any atom is 0.416 e. The van der Waals surface area contributed by atoms with Crippen LogP contribution in [0, 0.1) is 10.1 Å². The average Bonchev–Trinajstić information content (AvgIpc) is 2.33. The molecule has 0 aromatic heterocycles. The van der Waals surface area contributed by atoms with Gasteiger partial charge in [0.15, 0.2) is 6.10 Å². The Bertz CT molecular complexity index is 500. The maximum absolute atomic E-state index is 12.1. The van der Waals surface area contributed by atoms with Gasteiger partial charge in [0.05, 0.1) is 10.5 Å². The Morgan fingerprint density at radius 1 is 1.45 bits per heavy atom. The van der Waals surface area contributed by atoms with E-state index >= 15 is 0 Å². The molecular weight excluding hydrogens is 285 g/mol. The molecule has 0 aliphatic heterocycles. The summed E-state index contributed by atoms with van der Waals surface area (Å²) in [5.41, 5.74) is -1.85. The number of para-hydroxylation sites is 1. The molecule has 0 aliphatic carbocycles. The first-order valence-electron chi connectivity index (χ1n) is 5.14. The number of carboxylic acids is 1. The zero-order valence-corrected chi connectivity index (χ0v) is 9.72. The van der Waals surface area contributed by atoms with E-state index in [9.17, 15) is 28.1 Å². The second kappa shape index (κ2) is 5.74. The molecule has 10 heteroatoms. The van der Waals surface area contributed by atoms with Crippen molar-refractivity contribution < 1.29 is 33.1 Å². The quantitative estimate of drug-likeness (QED) is 0.562. The van der Waals surface area contributed by atoms with Crippen LogP contribution >= 0.6 is 0 Å². The van der Waals surface area contributed by atoms with Gasteiger partial charge in [-0.2, -0.15) is 13.2 Å². The molecule has 1 rings (SSSR count). The first-order valence-corrected chi connectivity index (χ1v) is 5.14. The van der Waals surface area contributed by atoms with E-state index in [2.05, 4.69) is 0 Å². The van der Waals surface area contributed by atoms with Crippen LogP contribution in [-0.2, 0) is 0 Å².